The minimum atomic E-state index is -0.935. The van der Waals surface area contributed by atoms with Crippen LogP contribution in [0.3, 0.4) is 0 Å². The summed E-state index contributed by atoms with van der Waals surface area (Å²) in [4.78, 5) is 77.5. The summed E-state index contributed by atoms with van der Waals surface area (Å²) in [5.74, 6) is -3.42. The van der Waals surface area contributed by atoms with E-state index in [4.69, 9.17) is 29.4 Å². The van der Waals surface area contributed by atoms with E-state index >= 15 is 0 Å². The molecule has 0 aliphatic heterocycles. The van der Waals surface area contributed by atoms with Crippen molar-refractivity contribution in [1.29, 1.82) is 0 Å². The number of carbonyl (C=O) groups is 6. The van der Waals surface area contributed by atoms with Crippen molar-refractivity contribution in [2.75, 3.05) is 26.3 Å². The molecule has 0 saturated carbocycles. The van der Waals surface area contributed by atoms with Gasteiger partial charge in [0.05, 0.1) is 26.3 Å². The van der Waals surface area contributed by atoms with Gasteiger partial charge in [-0.25, -0.2) is 28.8 Å². The number of amides is 2. The second-order valence-electron chi connectivity index (χ2n) is 10.8. The van der Waals surface area contributed by atoms with Crippen LogP contribution in [0.1, 0.15) is 75.2 Å². The average molecular weight is 643 g/mol. The lowest BCUT2D eigenvalue weighted by Crippen LogP contribution is -2.39. The van der Waals surface area contributed by atoms with Crippen molar-refractivity contribution in [3.05, 3.63) is 48.6 Å². The zero-order valence-electron chi connectivity index (χ0n) is 28.0. The molecule has 1 atom stereocenters. The number of hydrogen-bond donors (Lipinski definition) is 2. The van der Waals surface area contributed by atoms with Crippen LogP contribution in [0, 0.1) is 11.3 Å². The lowest BCUT2D eigenvalue weighted by atomic mass is 9.80. The van der Waals surface area contributed by atoms with Crippen LogP contribution in [0.5, 0.6) is 0 Å². The van der Waals surface area contributed by atoms with Gasteiger partial charge in [0.2, 0.25) is 0 Å². The summed E-state index contributed by atoms with van der Waals surface area (Å²) in [6.45, 7) is 28.8. The average Bonchev–Trinajstić information content (AvgIpc) is 2.90. The zero-order chi connectivity index (χ0) is 36.1. The Balaban J connectivity index is -0.00000123. The van der Waals surface area contributed by atoms with Crippen molar-refractivity contribution in [3.63, 3.8) is 0 Å². The maximum absolute atomic E-state index is 12.2. The van der Waals surface area contributed by atoms with E-state index in [0.717, 1.165) is 10.1 Å². The fourth-order valence-corrected chi connectivity index (χ4v) is 2.87. The molecule has 2 amide bonds. The maximum atomic E-state index is 12.2. The van der Waals surface area contributed by atoms with Crippen LogP contribution in [0.2, 0.25) is 0 Å². The summed E-state index contributed by atoms with van der Waals surface area (Å²) < 4.78 is 9.92. The van der Waals surface area contributed by atoms with Gasteiger partial charge in [0.1, 0.15) is 0 Å². The first-order valence-corrected chi connectivity index (χ1v) is 13.9. The second-order valence-corrected chi connectivity index (χ2v) is 10.8. The van der Waals surface area contributed by atoms with E-state index in [9.17, 15) is 28.8 Å². The van der Waals surface area contributed by atoms with Gasteiger partial charge in [0.15, 0.2) is 0 Å². The topological polar surface area (TPSA) is 186 Å². The SMILES string of the molecule is C=C(C)C(=O)O.C=C(C)C(=O)O.C=C(C)C(=O)ON(CCC(C)(C)CC(C)CN(OC(=O)C(=C)C)C(=O)OCC)C(=O)OCC. The summed E-state index contributed by atoms with van der Waals surface area (Å²) in [6, 6.07) is 0. The Kier molecular flexibility index (Phi) is 22.8. The Labute approximate surface area is 265 Å². The molecule has 0 aromatic rings. The summed E-state index contributed by atoms with van der Waals surface area (Å²) in [7, 11) is 0. The van der Waals surface area contributed by atoms with Crippen molar-refractivity contribution in [1.82, 2.24) is 10.1 Å². The highest BCUT2D eigenvalue weighted by Crippen LogP contribution is 2.30. The normalized spacial score (nSPS) is 10.5. The maximum Gasteiger partial charge on any atom is 0.443 e. The van der Waals surface area contributed by atoms with Crippen molar-refractivity contribution < 1.29 is 58.1 Å². The molecule has 0 bridgehead atoms. The number of nitrogens with zero attached hydrogens (tertiary/aromatic N) is 2. The van der Waals surface area contributed by atoms with E-state index in [2.05, 4.69) is 26.3 Å². The van der Waals surface area contributed by atoms with E-state index in [-0.39, 0.29) is 59.9 Å². The van der Waals surface area contributed by atoms with Gasteiger partial charge in [0.25, 0.3) is 0 Å². The van der Waals surface area contributed by atoms with Crippen LogP contribution >= 0.6 is 0 Å². The number of hydrogen-bond acceptors (Lipinski definition) is 10. The molecule has 45 heavy (non-hydrogen) atoms. The predicted molar refractivity (Wildman–Crippen MR) is 166 cm³/mol. The lowest BCUT2D eigenvalue weighted by Gasteiger charge is -2.32. The Morgan fingerprint density at radius 3 is 1.33 bits per heavy atom. The lowest BCUT2D eigenvalue weighted by molar-refractivity contribution is -0.180. The van der Waals surface area contributed by atoms with Gasteiger partial charge in [-0.15, -0.1) is 10.1 Å². The predicted octanol–water partition coefficient (Wildman–Crippen LogP) is 5.71. The molecule has 14 nitrogen and oxygen atoms in total. The quantitative estimate of drug-likeness (QED) is 0.184. The number of hydroxylamine groups is 4. The van der Waals surface area contributed by atoms with Gasteiger partial charge >= 0.3 is 36.1 Å². The van der Waals surface area contributed by atoms with Gasteiger partial charge < -0.3 is 29.4 Å². The molecule has 1 unspecified atom stereocenters. The molecule has 0 radical (unpaired) electrons. The number of rotatable bonds is 13. The molecule has 256 valence electrons. The zero-order valence-corrected chi connectivity index (χ0v) is 28.0. The Hall–Kier alpha value is -4.62. The number of ether oxygens (including phenoxy) is 2. The third-order valence-corrected chi connectivity index (χ3v) is 5.13. The second kappa shape index (κ2) is 22.9. The van der Waals surface area contributed by atoms with Crippen molar-refractivity contribution in [2.24, 2.45) is 11.3 Å². The van der Waals surface area contributed by atoms with Crippen LogP contribution < -0.4 is 0 Å². The standard InChI is InChI=1S/C23H38N2O8.2C4H6O2/c1-10-30-21(28)24(32-19(26)16(3)4)13-12-23(8,9)14-18(7)15-25(22(29)31-11-2)33-20(27)17(5)6;2*1-3(2)4(5)6/h18H,3,5,10-15H2,1-2,4,6-9H3;2*1H2,2H3,(H,5,6). The fourth-order valence-electron chi connectivity index (χ4n) is 2.87. The summed E-state index contributed by atoms with van der Waals surface area (Å²) in [5.41, 5.74) is 0.324. The molecule has 0 aromatic heterocycles. The molecule has 0 saturated heterocycles. The van der Waals surface area contributed by atoms with Crippen LogP contribution in [-0.2, 0) is 38.3 Å². The molecule has 14 heteroatoms. The van der Waals surface area contributed by atoms with E-state index in [0.29, 0.717) is 12.8 Å². The first kappa shape index (κ1) is 44.8. The first-order chi connectivity index (χ1) is 20.5. The van der Waals surface area contributed by atoms with E-state index in [1.807, 2.05) is 20.8 Å². The first-order valence-electron chi connectivity index (χ1n) is 13.9. The van der Waals surface area contributed by atoms with Crippen LogP contribution in [0.4, 0.5) is 9.59 Å². The van der Waals surface area contributed by atoms with Crippen molar-refractivity contribution in [2.45, 2.75) is 75.2 Å². The Bertz CT molecular complexity index is 1050. The van der Waals surface area contributed by atoms with Gasteiger partial charge in [-0.3, -0.25) is 0 Å². The van der Waals surface area contributed by atoms with E-state index < -0.39 is 36.1 Å². The van der Waals surface area contributed by atoms with Crippen LogP contribution in [0.15, 0.2) is 48.6 Å². The molecular formula is C31H50N2O12. The van der Waals surface area contributed by atoms with Crippen LogP contribution in [-0.4, -0.2) is 82.7 Å². The molecule has 0 aromatic carbocycles. The monoisotopic (exact) mass is 642 g/mol. The molecule has 0 heterocycles. The minimum Gasteiger partial charge on any atom is -0.478 e. The molecule has 0 rings (SSSR count). The third kappa shape index (κ3) is 23.5. The van der Waals surface area contributed by atoms with Gasteiger partial charge in [-0.2, -0.15) is 0 Å². The summed E-state index contributed by atoms with van der Waals surface area (Å²) >= 11 is 0. The van der Waals surface area contributed by atoms with Crippen molar-refractivity contribution >= 4 is 36.1 Å². The summed E-state index contributed by atoms with van der Waals surface area (Å²) in [6.07, 6.45) is -0.475. The van der Waals surface area contributed by atoms with Gasteiger partial charge in [0, 0.05) is 22.3 Å². The fraction of sp³-hybridized carbons (Fsp3) is 0.548. The van der Waals surface area contributed by atoms with E-state index in [1.54, 1.807) is 13.8 Å². The molecule has 0 aliphatic rings. The molecule has 0 spiro atoms. The molecule has 2 N–H and O–H groups in total. The number of aliphatic carboxylic acids is 2. The van der Waals surface area contributed by atoms with Crippen molar-refractivity contribution in [3.8, 4) is 0 Å². The molecule has 0 aliphatic carbocycles. The Morgan fingerprint density at radius 2 is 1.02 bits per heavy atom. The molecule has 0 fully saturated rings. The highest BCUT2D eigenvalue weighted by Gasteiger charge is 2.29. The smallest absolute Gasteiger partial charge is 0.443 e. The van der Waals surface area contributed by atoms with E-state index in [1.165, 1.54) is 27.7 Å². The number of carboxylic acids is 2. The molecular weight excluding hydrogens is 592 g/mol. The highest BCUT2D eigenvalue weighted by atomic mass is 16.8. The largest absolute Gasteiger partial charge is 0.478 e. The van der Waals surface area contributed by atoms with Gasteiger partial charge in [-0.05, 0) is 65.7 Å². The highest BCUT2D eigenvalue weighted by molar-refractivity contribution is 5.88. The minimum absolute atomic E-state index is 0.101. The summed E-state index contributed by atoms with van der Waals surface area (Å²) in [5, 5.41) is 17.6. The number of carbonyl (C=O) groups excluding carboxylic acids is 4. The van der Waals surface area contributed by atoms with Crippen LogP contribution in [0.25, 0.3) is 0 Å². The van der Waals surface area contributed by atoms with Gasteiger partial charge in [-0.1, -0.05) is 47.1 Å². The Morgan fingerprint density at radius 1 is 0.689 bits per heavy atom. The third-order valence-electron chi connectivity index (χ3n) is 5.13. The number of carboxylic acid groups (broad SMARTS) is 2.